The van der Waals surface area contributed by atoms with Gasteiger partial charge in [0.05, 0.1) is 12.6 Å². The molecule has 1 saturated heterocycles. The highest BCUT2D eigenvalue weighted by atomic mass is 16.5. The number of anilines is 1. The van der Waals surface area contributed by atoms with Crippen LogP contribution in [-0.2, 0) is 20.7 Å². The summed E-state index contributed by atoms with van der Waals surface area (Å²) in [7, 11) is 0. The monoisotopic (exact) mass is 462 g/mol. The van der Waals surface area contributed by atoms with Crippen LogP contribution in [0.15, 0.2) is 71.3 Å². The molecule has 9 heteroatoms. The maximum absolute atomic E-state index is 12.4. The van der Waals surface area contributed by atoms with Crippen molar-refractivity contribution in [2.75, 3.05) is 38.1 Å². The van der Waals surface area contributed by atoms with Crippen LogP contribution in [0.3, 0.4) is 0 Å². The highest BCUT2D eigenvalue weighted by Crippen LogP contribution is 2.20. The summed E-state index contributed by atoms with van der Waals surface area (Å²) in [5.41, 5.74) is 1.63. The van der Waals surface area contributed by atoms with E-state index in [9.17, 15) is 14.4 Å². The summed E-state index contributed by atoms with van der Waals surface area (Å²) >= 11 is 0. The van der Waals surface area contributed by atoms with E-state index >= 15 is 0 Å². The molecule has 1 N–H and O–H groups in total. The van der Waals surface area contributed by atoms with Gasteiger partial charge in [-0.15, -0.1) is 0 Å². The van der Waals surface area contributed by atoms with E-state index in [4.69, 9.17) is 9.15 Å². The molecule has 0 spiro atoms. The Labute approximate surface area is 197 Å². The van der Waals surface area contributed by atoms with Crippen LogP contribution < -0.4 is 5.32 Å². The number of carbonyl (C=O) groups excluding carboxylic acids is 3. The van der Waals surface area contributed by atoms with Crippen LogP contribution in [0.5, 0.6) is 0 Å². The molecule has 2 aromatic carbocycles. The van der Waals surface area contributed by atoms with Gasteiger partial charge < -0.3 is 24.3 Å². The molecule has 0 aliphatic carbocycles. The van der Waals surface area contributed by atoms with Crippen molar-refractivity contribution in [3.8, 4) is 11.3 Å². The summed E-state index contributed by atoms with van der Waals surface area (Å²) < 4.78 is 10.8. The number of hydrogen-bond donors (Lipinski definition) is 1. The molecule has 34 heavy (non-hydrogen) atoms. The Morgan fingerprint density at radius 2 is 1.56 bits per heavy atom. The van der Waals surface area contributed by atoms with Gasteiger partial charge in [-0.25, -0.2) is 9.78 Å². The van der Waals surface area contributed by atoms with Gasteiger partial charge in [0, 0.05) is 43.9 Å². The van der Waals surface area contributed by atoms with Crippen molar-refractivity contribution in [2.45, 2.75) is 12.8 Å². The average Bonchev–Trinajstić information content (AvgIpc) is 3.36. The van der Waals surface area contributed by atoms with E-state index in [0.29, 0.717) is 37.8 Å². The van der Waals surface area contributed by atoms with E-state index in [0.717, 1.165) is 11.3 Å². The van der Waals surface area contributed by atoms with Crippen LogP contribution in [0.25, 0.3) is 11.3 Å². The zero-order chi connectivity index (χ0) is 23.8. The van der Waals surface area contributed by atoms with Crippen molar-refractivity contribution in [3.63, 3.8) is 0 Å². The zero-order valence-electron chi connectivity index (χ0n) is 18.7. The fourth-order valence-electron chi connectivity index (χ4n) is 3.56. The van der Waals surface area contributed by atoms with Gasteiger partial charge in [0.2, 0.25) is 0 Å². The molecule has 0 saturated carbocycles. The number of urea groups is 1. The number of ether oxygens (including phenoxy) is 1. The minimum atomic E-state index is -0.492. The van der Waals surface area contributed by atoms with E-state index in [1.165, 1.54) is 0 Å². The Balaban J connectivity index is 1.15. The van der Waals surface area contributed by atoms with Gasteiger partial charge >= 0.3 is 12.0 Å². The number of aromatic nitrogens is 1. The first kappa shape index (κ1) is 23.0. The predicted octanol–water partition coefficient (Wildman–Crippen LogP) is 3.19. The Bertz CT molecular complexity index is 1110. The number of piperazine rings is 1. The van der Waals surface area contributed by atoms with Crippen LogP contribution in [0.1, 0.15) is 12.3 Å². The number of hydrogen-bond acceptors (Lipinski definition) is 6. The molecular formula is C25H26N4O5. The second-order valence-corrected chi connectivity index (χ2v) is 7.81. The Morgan fingerprint density at radius 1 is 0.912 bits per heavy atom. The van der Waals surface area contributed by atoms with Crippen LogP contribution >= 0.6 is 0 Å². The lowest BCUT2D eigenvalue weighted by Gasteiger charge is -2.34. The van der Waals surface area contributed by atoms with Crippen LogP contribution in [-0.4, -0.2) is 65.5 Å². The number of nitrogens with zero attached hydrogens (tertiary/aromatic N) is 3. The number of aryl methyl sites for hydroxylation is 1. The third-order valence-corrected chi connectivity index (χ3v) is 5.46. The molecular weight excluding hydrogens is 436 g/mol. The molecule has 176 valence electrons. The third kappa shape index (κ3) is 6.22. The molecule has 4 rings (SSSR count). The normalized spacial score (nSPS) is 13.4. The van der Waals surface area contributed by atoms with Gasteiger partial charge in [-0.1, -0.05) is 48.5 Å². The number of carbonyl (C=O) groups is 3. The number of rotatable bonds is 7. The highest BCUT2D eigenvalue weighted by Gasteiger charge is 2.25. The lowest BCUT2D eigenvalue weighted by atomic mass is 10.2. The molecule has 1 aliphatic heterocycles. The minimum Gasteiger partial charge on any atom is -0.456 e. The van der Waals surface area contributed by atoms with E-state index in [2.05, 4.69) is 10.3 Å². The Morgan fingerprint density at radius 3 is 2.26 bits per heavy atom. The number of nitrogens with one attached hydrogen (secondary N) is 1. The number of benzene rings is 2. The number of para-hydroxylation sites is 1. The van der Waals surface area contributed by atoms with Crippen LogP contribution in [0.4, 0.5) is 10.5 Å². The maximum atomic E-state index is 12.4. The summed E-state index contributed by atoms with van der Waals surface area (Å²) in [4.78, 5) is 44.3. The molecule has 0 atom stereocenters. The number of oxazole rings is 1. The largest absolute Gasteiger partial charge is 0.456 e. The molecule has 0 bridgehead atoms. The summed E-state index contributed by atoms with van der Waals surface area (Å²) in [6.07, 6.45) is 1.98. The highest BCUT2D eigenvalue weighted by molar-refractivity contribution is 5.89. The first-order valence-electron chi connectivity index (χ1n) is 11.1. The van der Waals surface area contributed by atoms with Crippen LogP contribution in [0.2, 0.25) is 0 Å². The topological polar surface area (TPSA) is 105 Å². The predicted molar refractivity (Wildman–Crippen MR) is 125 cm³/mol. The Kier molecular flexibility index (Phi) is 7.54. The Hall–Kier alpha value is -4.14. The molecule has 2 heterocycles. The van der Waals surface area contributed by atoms with E-state index in [1.54, 1.807) is 16.0 Å². The second kappa shape index (κ2) is 11.1. The van der Waals surface area contributed by atoms with Crippen molar-refractivity contribution in [1.29, 1.82) is 0 Å². The molecule has 0 radical (unpaired) electrons. The fraction of sp³-hybridized carbons (Fsp3) is 0.280. The van der Waals surface area contributed by atoms with Crippen molar-refractivity contribution in [2.24, 2.45) is 0 Å². The standard InChI is InChI=1S/C25H26N4O5/c30-23(28-13-15-29(16-14-28)25(32)27-20-9-5-2-6-10-20)18-33-24(31)12-11-22-26-17-21(34-22)19-7-3-1-4-8-19/h1-10,17H,11-16,18H2,(H,27,32). The van der Waals surface area contributed by atoms with Gasteiger partial charge in [-0.3, -0.25) is 9.59 Å². The first-order chi connectivity index (χ1) is 16.6. The van der Waals surface area contributed by atoms with Crippen LogP contribution in [0, 0.1) is 0 Å². The summed E-state index contributed by atoms with van der Waals surface area (Å²) in [6.45, 7) is 1.27. The number of amides is 3. The molecule has 0 unspecified atom stereocenters. The zero-order valence-corrected chi connectivity index (χ0v) is 18.7. The van der Waals surface area contributed by atoms with Crippen molar-refractivity contribution >= 4 is 23.6 Å². The fourth-order valence-corrected chi connectivity index (χ4v) is 3.56. The van der Waals surface area contributed by atoms with Gasteiger partial charge in [0.25, 0.3) is 5.91 Å². The average molecular weight is 463 g/mol. The van der Waals surface area contributed by atoms with Crippen molar-refractivity contribution in [3.05, 3.63) is 72.8 Å². The van der Waals surface area contributed by atoms with E-state index in [1.807, 2.05) is 60.7 Å². The van der Waals surface area contributed by atoms with Gasteiger partial charge in [0.1, 0.15) is 0 Å². The molecule has 1 fully saturated rings. The second-order valence-electron chi connectivity index (χ2n) is 7.81. The molecule has 1 aliphatic rings. The quantitative estimate of drug-likeness (QED) is 0.541. The minimum absolute atomic E-state index is 0.0649. The van der Waals surface area contributed by atoms with Gasteiger partial charge in [-0.05, 0) is 12.1 Å². The SMILES string of the molecule is O=C(CCc1ncc(-c2ccccc2)o1)OCC(=O)N1CCN(C(=O)Nc2ccccc2)CC1. The van der Waals surface area contributed by atoms with Crippen molar-refractivity contribution in [1.82, 2.24) is 14.8 Å². The molecule has 1 aromatic heterocycles. The first-order valence-corrected chi connectivity index (χ1v) is 11.1. The summed E-state index contributed by atoms with van der Waals surface area (Å²) in [5.74, 6) is 0.301. The van der Waals surface area contributed by atoms with E-state index < -0.39 is 5.97 Å². The smallest absolute Gasteiger partial charge is 0.321 e. The lowest BCUT2D eigenvalue weighted by Crippen LogP contribution is -2.52. The van der Waals surface area contributed by atoms with Gasteiger partial charge in [-0.2, -0.15) is 0 Å². The summed E-state index contributed by atoms with van der Waals surface area (Å²) in [6, 6.07) is 18.6. The molecule has 3 aromatic rings. The third-order valence-electron chi connectivity index (χ3n) is 5.46. The molecule has 9 nitrogen and oxygen atoms in total. The molecule has 3 amide bonds. The number of esters is 1. The maximum Gasteiger partial charge on any atom is 0.321 e. The lowest BCUT2D eigenvalue weighted by molar-refractivity contribution is -0.152. The van der Waals surface area contributed by atoms with Gasteiger partial charge in [0.15, 0.2) is 18.3 Å². The summed E-state index contributed by atoms with van der Waals surface area (Å²) in [5, 5.41) is 2.84. The van der Waals surface area contributed by atoms with Crippen molar-refractivity contribution < 1.29 is 23.5 Å². The van der Waals surface area contributed by atoms with E-state index in [-0.39, 0.29) is 31.4 Å².